The number of nitrogens with zero attached hydrogens (tertiary/aromatic N) is 1. The number of rotatable bonds is 6. The van der Waals surface area contributed by atoms with Crippen molar-refractivity contribution in [3.05, 3.63) is 54.0 Å². The fourth-order valence-corrected chi connectivity index (χ4v) is 3.35. The third-order valence-electron chi connectivity index (χ3n) is 5.02. The van der Waals surface area contributed by atoms with Gasteiger partial charge in [-0.1, -0.05) is 12.5 Å². The summed E-state index contributed by atoms with van der Waals surface area (Å²) in [5, 5.41) is 5.78. The van der Waals surface area contributed by atoms with Crippen LogP contribution in [0.3, 0.4) is 0 Å². The Kier molecular flexibility index (Phi) is 5.96. The first-order chi connectivity index (χ1) is 13.0. The van der Waals surface area contributed by atoms with E-state index in [4.69, 9.17) is 4.42 Å². The second kappa shape index (κ2) is 8.39. The first kappa shape index (κ1) is 19.2. The standard InChI is InChI=1S/C21H27N3O3/c1-21(2,24-11-4-3-5-12-24)15-22-19(25)16-8-6-9-17(14-16)23-20(26)18-10-7-13-27-18/h6-10,13-14H,3-5,11-12,15H2,1-2H3,(H,22,25)(H,23,26). The van der Waals surface area contributed by atoms with E-state index in [1.165, 1.54) is 25.5 Å². The zero-order valence-corrected chi connectivity index (χ0v) is 16.0. The smallest absolute Gasteiger partial charge is 0.291 e. The van der Waals surface area contributed by atoms with E-state index in [9.17, 15) is 9.59 Å². The number of furan rings is 1. The minimum atomic E-state index is -0.344. The van der Waals surface area contributed by atoms with Crippen molar-refractivity contribution in [1.29, 1.82) is 0 Å². The Bertz CT molecular complexity index is 778. The summed E-state index contributed by atoms with van der Waals surface area (Å²) < 4.78 is 5.08. The number of amides is 2. The molecule has 6 nitrogen and oxygen atoms in total. The van der Waals surface area contributed by atoms with Gasteiger partial charge in [0.25, 0.3) is 11.8 Å². The predicted molar refractivity (Wildman–Crippen MR) is 105 cm³/mol. The molecule has 1 fully saturated rings. The Labute approximate surface area is 159 Å². The van der Waals surface area contributed by atoms with E-state index in [0.717, 1.165) is 13.1 Å². The van der Waals surface area contributed by atoms with E-state index in [1.54, 1.807) is 36.4 Å². The molecule has 2 N–H and O–H groups in total. The zero-order chi connectivity index (χ0) is 19.3. The Hall–Kier alpha value is -2.60. The van der Waals surface area contributed by atoms with Crippen molar-refractivity contribution in [3.8, 4) is 0 Å². The van der Waals surface area contributed by atoms with Gasteiger partial charge < -0.3 is 15.1 Å². The number of likely N-dealkylation sites (tertiary alicyclic amines) is 1. The molecule has 0 aliphatic carbocycles. The maximum Gasteiger partial charge on any atom is 0.291 e. The third-order valence-corrected chi connectivity index (χ3v) is 5.02. The van der Waals surface area contributed by atoms with Crippen LogP contribution in [0.1, 0.15) is 54.0 Å². The molecule has 2 amide bonds. The van der Waals surface area contributed by atoms with Gasteiger partial charge in [-0.25, -0.2) is 0 Å². The molecule has 144 valence electrons. The zero-order valence-electron chi connectivity index (χ0n) is 16.0. The second-order valence-electron chi connectivity index (χ2n) is 7.56. The van der Waals surface area contributed by atoms with Crippen LogP contribution in [0.4, 0.5) is 5.69 Å². The molecule has 1 aromatic heterocycles. The van der Waals surface area contributed by atoms with Gasteiger partial charge in [-0.3, -0.25) is 14.5 Å². The van der Waals surface area contributed by atoms with Crippen LogP contribution in [0.5, 0.6) is 0 Å². The monoisotopic (exact) mass is 369 g/mol. The number of anilines is 1. The van der Waals surface area contributed by atoms with Gasteiger partial charge in [-0.2, -0.15) is 0 Å². The van der Waals surface area contributed by atoms with Crippen LogP contribution in [0.2, 0.25) is 0 Å². The summed E-state index contributed by atoms with van der Waals surface area (Å²) in [4.78, 5) is 27.1. The van der Waals surface area contributed by atoms with Crippen LogP contribution in [-0.4, -0.2) is 41.9 Å². The van der Waals surface area contributed by atoms with Crippen LogP contribution < -0.4 is 10.6 Å². The van der Waals surface area contributed by atoms with Crippen LogP contribution in [-0.2, 0) is 0 Å². The van der Waals surface area contributed by atoms with Crippen molar-refractivity contribution in [2.45, 2.75) is 38.6 Å². The molecule has 2 aromatic rings. The lowest BCUT2D eigenvalue weighted by Gasteiger charge is -2.41. The molecule has 1 aliphatic rings. The van der Waals surface area contributed by atoms with Crippen LogP contribution >= 0.6 is 0 Å². The predicted octanol–water partition coefficient (Wildman–Crippen LogP) is 3.53. The van der Waals surface area contributed by atoms with Crippen molar-refractivity contribution < 1.29 is 14.0 Å². The number of hydrogen-bond donors (Lipinski definition) is 2. The molecular weight excluding hydrogens is 342 g/mol. The SMILES string of the molecule is CC(C)(CNC(=O)c1cccc(NC(=O)c2ccco2)c1)N1CCCCC1. The molecule has 3 rings (SSSR count). The molecule has 0 unspecified atom stereocenters. The molecule has 0 atom stereocenters. The molecule has 1 saturated heterocycles. The molecular formula is C21H27N3O3. The van der Waals surface area contributed by atoms with E-state index >= 15 is 0 Å². The molecule has 0 radical (unpaired) electrons. The number of carbonyl (C=O) groups is 2. The summed E-state index contributed by atoms with van der Waals surface area (Å²) >= 11 is 0. The number of hydrogen-bond acceptors (Lipinski definition) is 4. The van der Waals surface area contributed by atoms with Crippen molar-refractivity contribution in [2.24, 2.45) is 0 Å². The minimum absolute atomic E-state index is 0.0821. The first-order valence-corrected chi connectivity index (χ1v) is 9.44. The van der Waals surface area contributed by atoms with Crippen molar-refractivity contribution in [3.63, 3.8) is 0 Å². The highest BCUT2D eigenvalue weighted by Crippen LogP contribution is 2.20. The lowest BCUT2D eigenvalue weighted by atomic mass is 9.98. The van der Waals surface area contributed by atoms with Crippen molar-refractivity contribution in [1.82, 2.24) is 10.2 Å². The van der Waals surface area contributed by atoms with E-state index in [1.807, 2.05) is 0 Å². The van der Waals surface area contributed by atoms with Gasteiger partial charge in [0.15, 0.2) is 5.76 Å². The van der Waals surface area contributed by atoms with E-state index in [2.05, 4.69) is 29.4 Å². The van der Waals surface area contributed by atoms with Crippen molar-refractivity contribution >= 4 is 17.5 Å². The minimum Gasteiger partial charge on any atom is -0.459 e. The number of nitrogens with one attached hydrogen (secondary N) is 2. The highest BCUT2D eigenvalue weighted by molar-refractivity contribution is 6.03. The summed E-state index contributed by atoms with van der Waals surface area (Å²) in [7, 11) is 0. The van der Waals surface area contributed by atoms with E-state index in [-0.39, 0.29) is 23.1 Å². The first-order valence-electron chi connectivity index (χ1n) is 9.44. The lowest BCUT2D eigenvalue weighted by Crippen LogP contribution is -2.53. The number of benzene rings is 1. The Morgan fingerprint density at radius 3 is 2.56 bits per heavy atom. The molecule has 0 saturated carbocycles. The van der Waals surface area contributed by atoms with Gasteiger partial charge in [-0.05, 0) is 70.1 Å². The average Bonchev–Trinajstić information content (AvgIpc) is 3.22. The van der Waals surface area contributed by atoms with Gasteiger partial charge in [0, 0.05) is 23.3 Å². The normalized spacial score (nSPS) is 15.3. The maximum absolute atomic E-state index is 12.6. The Morgan fingerprint density at radius 1 is 1.07 bits per heavy atom. The highest BCUT2D eigenvalue weighted by atomic mass is 16.3. The molecule has 0 bridgehead atoms. The van der Waals surface area contributed by atoms with Crippen molar-refractivity contribution in [2.75, 3.05) is 25.0 Å². The van der Waals surface area contributed by atoms with Gasteiger partial charge in [0.1, 0.15) is 0 Å². The molecule has 2 heterocycles. The fraction of sp³-hybridized carbons (Fsp3) is 0.429. The summed E-state index contributed by atoms with van der Waals surface area (Å²) in [6.07, 6.45) is 5.17. The maximum atomic E-state index is 12.6. The summed E-state index contributed by atoms with van der Waals surface area (Å²) in [5.74, 6) is -0.258. The highest BCUT2D eigenvalue weighted by Gasteiger charge is 2.28. The van der Waals surface area contributed by atoms with Crippen LogP contribution in [0, 0.1) is 0 Å². The molecule has 0 spiro atoms. The van der Waals surface area contributed by atoms with Crippen LogP contribution in [0.15, 0.2) is 47.1 Å². The number of piperidine rings is 1. The van der Waals surface area contributed by atoms with Gasteiger partial charge >= 0.3 is 0 Å². The topological polar surface area (TPSA) is 74.6 Å². The lowest BCUT2D eigenvalue weighted by molar-refractivity contribution is 0.0797. The quantitative estimate of drug-likeness (QED) is 0.817. The molecule has 1 aromatic carbocycles. The third kappa shape index (κ3) is 4.98. The van der Waals surface area contributed by atoms with E-state index in [0.29, 0.717) is 17.8 Å². The average molecular weight is 369 g/mol. The second-order valence-corrected chi connectivity index (χ2v) is 7.56. The summed E-state index contributed by atoms with van der Waals surface area (Å²) in [5.41, 5.74) is 0.988. The van der Waals surface area contributed by atoms with Crippen LogP contribution in [0.25, 0.3) is 0 Å². The Balaban J connectivity index is 1.59. The fourth-order valence-electron chi connectivity index (χ4n) is 3.35. The van der Waals surface area contributed by atoms with E-state index < -0.39 is 0 Å². The summed E-state index contributed by atoms with van der Waals surface area (Å²) in [6.45, 7) is 7.07. The Morgan fingerprint density at radius 2 is 1.85 bits per heavy atom. The molecule has 27 heavy (non-hydrogen) atoms. The number of carbonyl (C=O) groups excluding carboxylic acids is 2. The molecule has 6 heteroatoms. The largest absolute Gasteiger partial charge is 0.459 e. The molecule has 1 aliphatic heterocycles. The van der Waals surface area contributed by atoms with Gasteiger partial charge in [0.2, 0.25) is 0 Å². The summed E-state index contributed by atoms with van der Waals surface area (Å²) in [6, 6.07) is 10.2. The van der Waals surface area contributed by atoms with Gasteiger partial charge in [-0.15, -0.1) is 0 Å². The van der Waals surface area contributed by atoms with Gasteiger partial charge in [0.05, 0.1) is 6.26 Å².